The zero-order valence-electron chi connectivity index (χ0n) is 8.99. The zero-order valence-corrected chi connectivity index (χ0v) is 10.6. The third kappa shape index (κ3) is 3.19. The first kappa shape index (κ1) is 11.9. The lowest BCUT2D eigenvalue weighted by molar-refractivity contribution is 0.0939. The van der Waals surface area contributed by atoms with Crippen LogP contribution in [0, 0.1) is 5.92 Å². The van der Waals surface area contributed by atoms with E-state index in [1.165, 1.54) is 24.2 Å². The van der Waals surface area contributed by atoms with E-state index < -0.39 is 0 Å². The molecule has 16 heavy (non-hydrogen) atoms. The summed E-state index contributed by atoms with van der Waals surface area (Å²) in [7, 11) is 0. The number of amides is 1. The van der Waals surface area contributed by atoms with E-state index in [-0.39, 0.29) is 11.3 Å². The number of carbonyl (C=O) groups is 1. The summed E-state index contributed by atoms with van der Waals surface area (Å²) < 4.78 is 0. The van der Waals surface area contributed by atoms with E-state index in [9.17, 15) is 4.79 Å². The molecule has 0 saturated heterocycles. The van der Waals surface area contributed by atoms with Gasteiger partial charge in [-0.2, -0.15) is 0 Å². The molecule has 5 heteroatoms. The van der Waals surface area contributed by atoms with Gasteiger partial charge in [-0.05, 0) is 25.2 Å². The normalized spacial score (nSPS) is 25.3. The van der Waals surface area contributed by atoms with Crippen molar-refractivity contribution in [3.8, 4) is 0 Å². The van der Waals surface area contributed by atoms with Gasteiger partial charge in [0.2, 0.25) is 0 Å². The monoisotopic (exact) mass is 258 g/mol. The van der Waals surface area contributed by atoms with Gasteiger partial charge in [0.15, 0.2) is 0 Å². The topological polar surface area (TPSA) is 42.0 Å². The SMILES string of the molecule is O=C(NCC1CCCC(Cl)C1)c1cscn1. The van der Waals surface area contributed by atoms with Crippen molar-refractivity contribution in [2.75, 3.05) is 6.54 Å². The number of aromatic nitrogens is 1. The Morgan fingerprint density at radius 3 is 3.19 bits per heavy atom. The Morgan fingerprint density at radius 1 is 1.62 bits per heavy atom. The maximum absolute atomic E-state index is 11.6. The van der Waals surface area contributed by atoms with Crippen LogP contribution < -0.4 is 5.32 Å². The molecule has 2 rings (SSSR count). The molecule has 1 aliphatic carbocycles. The van der Waals surface area contributed by atoms with E-state index in [4.69, 9.17) is 11.6 Å². The molecule has 88 valence electrons. The minimum absolute atomic E-state index is 0.0713. The van der Waals surface area contributed by atoms with Gasteiger partial charge in [-0.25, -0.2) is 4.98 Å². The van der Waals surface area contributed by atoms with Crippen LogP contribution in [0.25, 0.3) is 0 Å². The molecule has 1 N–H and O–H groups in total. The standard InChI is InChI=1S/C11H15ClN2OS/c12-9-3-1-2-8(4-9)5-13-11(15)10-6-16-7-14-10/h6-9H,1-5H2,(H,13,15). The molecule has 1 fully saturated rings. The first-order valence-electron chi connectivity index (χ1n) is 5.56. The van der Waals surface area contributed by atoms with Gasteiger partial charge < -0.3 is 5.32 Å². The second-order valence-electron chi connectivity index (χ2n) is 4.21. The van der Waals surface area contributed by atoms with Gasteiger partial charge in [0, 0.05) is 17.3 Å². The van der Waals surface area contributed by atoms with Gasteiger partial charge in [0.25, 0.3) is 5.91 Å². The highest BCUT2D eigenvalue weighted by molar-refractivity contribution is 7.07. The first-order chi connectivity index (χ1) is 7.75. The summed E-state index contributed by atoms with van der Waals surface area (Å²) >= 11 is 7.54. The average molecular weight is 259 g/mol. The van der Waals surface area contributed by atoms with Crippen LogP contribution in [0.5, 0.6) is 0 Å². The summed E-state index contributed by atoms with van der Waals surface area (Å²) in [5.74, 6) is 0.455. The maximum Gasteiger partial charge on any atom is 0.270 e. The molecule has 1 saturated carbocycles. The number of nitrogens with zero attached hydrogens (tertiary/aromatic N) is 1. The Balaban J connectivity index is 1.77. The van der Waals surface area contributed by atoms with Crippen LogP contribution in [0.3, 0.4) is 0 Å². The maximum atomic E-state index is 11.6. The van der Waals surface area contributed by atoms with Crippen molar-refractivity contribution < 1.29 is 4.79 Å². The zero-order chi connectivity index (χ0) is 11.4. The molecule has 1 aromatic rings. The first-order valence-corrected chi connectivity index (χ1v) is 6.94. The van der Waals surface area contributed by atoms with Crippen molar-refractivity contribution in [3.05, 3.63) is 16.6 Å². The fourth-order valence-corrected chi connectivity index (χ4v) is 3.00. The Morgan fingerprint density at radius 2 is 2.50 bits per heavy atom. The number of nitrogens with one attached hydrogen (secondary N) is 1. The van der Waals surface area contributed by atoms with Crippen LogP contribution in [0.1, 0.15) is 36.2 Å². The lowest BCUT2D eigenvalue weighted by Gasteiger charge is -2.25. The van der Waals surface area contributed by atoms with E-state index in [2.05, 4.69) is 10.3 Å². The summed E-state index contributed by atoms with van der Waals surface area (Å²) in [5.41, 5.74) is 2.19. The fraction of sp³-hybridized carbons (Fsp3) is 0.636. The van der Waals surface area contributed by atoms with Crippen molar-refractivity contribution in [1.29, 1.82) is 0 Å². The third-order valence-corrected chi connectivity index (χ3v) is 3.92. The van der Waals surface area contributed by atoms with Crippen molar-refractivity contribution in [2.24, 2.45) is 5.92 Å². The number of carbonyl (C=O) groups excluding carboxylic acids is 1. The molecule has 1 amide bonds. The molecule has 1 aliphatic rings. The van der Waals surface area contributed by atoms with Crippen molar-refractivity contribution in [2.45, 2.75) is 31.1 Å². The Labute approximate surface area is 104 Å². The number of halogens is 1. The summed E-state index contributed by atoms with van der Waals surface area (Å²) in [4.78, 5) is 15.6. The molecule has 0 aromatic carbocycles. The largest absolute Gasteiger partial charge is 0.350 e. The molecule has 0 aliphatic heterocycles. The van der Waals surface area contributed by atoms with E-state index >= 15 is 0 Å². The number of alkyl halides is 1. The van der Waals surface area contributed by atoms with Gasteiger partial charge in [-0.1, -0.05) is 6.42 Å². The second kappa shape index (κ2) is 5.64. The number of hydrogen-bond donors (Lipinski definition) is 1. The summed E-state index contributed by atoms with van der Waals surface area (Å²) in [6.45, 7) is 0.722. The number of rotatable bonds is 3. The van der Waals surface area contributed by atoms with Crippen LogP contribution in [0.2, 0.25) is 0 Å². The molecule has 0 bridgehead atoms. The highest BCUT2D eigenvalue weighted by Gasteiger charge is 2.20. The van der Waals surface area contributed by atoms with Gasteiger partial charge in [0.05, 0.1) is 5.51 Å². The highest BCUT2D eigenvalue weighted by Crippen LogP contribution is 2.27. The highest BCUT2D eigenvalue weighted by atomic mass is 35.5. The van der Waals surface area contributed by atoms with E-state index in [1.54, 1.807) is 10.9 Å². The van der Waals surface area contributed by atoms with Gasteiger partial charge >= 0.3 is 0 Å². The lowest BCUT2D eigenvalue weighted by Crippen LogP contribution is -2.32. The predicted molar refractivity (Wildman–Crippen MR) is 66.0 cm³/mol. The second-order valence-corrected chi connectivity index (χ2v) is 5.55. The summed E-state index contributed by atoms with van der Waals surface area (Å²) in [6, 6.07) is 0. The molecule has 0 radical (unpaired) electrons. The fourth-order valence-electron chi connectivity index (χ4n) is 2.06. The molecular weight excluding hydrogens is 244 g/mol. The van der Waals surface area contributed by atoms with E-state index in [1.807, 2.05) is 0 Å². The van der Waals surface area contributed by atoms with Crippen molar-refractivity contribution in [3.63, 3.8) is 0 Å². The molecule has 1 aromatic heterocycles. The quantitative estimate of drug-likeness (QED) is 0.847. The van der Waals surface area contributed by atoms with Crippen LogP contribution in [-0.4, -0.2) is 22.8 Å². The molecule has 1 heterocycles. The minimum Gasteiger partial charge on any atom is -0.350 e. The molecular formula is C11H15ClN2OS. The summed E-state index contributed by atoms with van der Waals surface area (Å²) in [6.07, 6.45) is 4.46. The molecule has 3 nitrogen and oxygen atoms in total. The Kier molecular flexibility index (Phi) is 4.18. The lowest BCUT2D eigenvalue weighted by atomic mass is 9.89. The number of thiazole rings is 1. The minimum atomic E-state index is -0.0713. The van der Waals surface area contributed by atoms with Crippen LogP contribution >= 0.6 is 22.9 Å². The van der Waals surface area contributed by atoms with Gasteiger partial charge in [0.1, 0.15) is 5.69 Å². The molecule has 2 unspecified atom stereocenters. The Bertz CT molecular complexity index is 342. The average Bonchev–Trinajstić information content (AvgIpc) is 2.79. The molecule has 2 atom stereocenters. The van der Waals surface area contributed by atoms with Gasteiger partial charge in [-0.15, -0.1) is 22.9 Å². The van der Waals surface area contributed by atoms with Crippen molar-refractivity contribution >= 4 is 28.8 Å². The van der Waals surface area contributed by atoms with Crippen LogP contribution in [-0.2, 0) is 0 Å². The predicted octanol–water partition coefficient (Wildman–Crippen LogP) is 2.67. The van der Waals surface area contributed by atoms with Crippen LogP contribution in [0.4, 0.5) is 0 Å². The van der Waals surface area contributed by atoms with E-state index in [0.717, 1.165) is 19.4 Å². The summed E-state index contributed by atoms with van der Waals surface area (Å²) in [5, 5.41) is 4.97. The van der Waals surface area contributed by atoms with Crippen LogP contribution in [0.15, 0.2) is 10.9 Å². The molecule has 0 spiro atoms. The van der Waals surface area contributed by atoms with Crippen molar-refractivity contribution in [1.82, 2.24) is 10.3 Å². The smallest absolute Gasteiger partial charge is 0.270 e. The number of hydrogen-bond acceptors (Lipinski definition) is 3. The third-order valence-electron chi connectivity index (χ3n) is 2.94. The van der Waals surface area contributed by atoms with E-state index in [0.29, 0.717) is 11.6 Å². The Hall–Kier alpha value is -0.610. The van der Waals surface area contributed by atoms with Gasteiger partial charge in [-0.3, -0.25) is 4.79 Å².